The van der Waals surface area contributed by atoms with Crippen LogP contribution in [0.1, 0.15) is 48.2 Å². The fourth-order valence-corrected chi connectivity index (χ4v) is 4.31. The smallest absolute Gasteiger partial charge is 0.122 e. The molecule has 1 atom stereocenters. The second kappa shape index (κ2) is 4.64. The summed E-state index contributed by atoms with van der Waals surface area (Å²) < 4.78 is 5.52. The summed E-state index contributed by atoms with van der Waals surface area (Å²) in [6.07, 6.45) is 3.53. The van der Waals surface area contributed by atoms with Crippen molar-refractivity contribution in [3.05, 3.63) is 28.8 Å². The normalized spacial score (nSPS) is 22.8. The van der Waals surface area contributed by atoms with Crippen molar-refractivity contribution in [1.82, 2.24) is 0 Å². The van der Waals surface area contributed by atoms with Gasteiger partial charge in [0.1, 0.15) is 5.75 Å². The largest absolute Gasteiger partial charge is 0.496 e. The summed E-state index contributed by atoms with van der Waals surface area (Å²) >= 11 is 3.87. The highest BCUT2D eigenvalue weighted by atomic mass is 79.9. The zero-order valence-electron chi connectivity index (χ0n) is 11.1. The van der Waals surface area contributed by atoms with E-state index < -0.39 is 0 Å². The van der Waals surface area contributed by atoms with Crippen LogP contribution in [0, 0.1) is 12.3 Å². The first-order valence-corrected chi connectivity index (χ1v) is 7.16. The van der Waals surface area contributed by atoms with Crippen molar-refractivity contribution >= 4 is 15.9 Å². The van der Waals surface area contributed by atoms with Crippen molar-refractivity contribution in [2.45, 2.75) is 44.9 Å². The fraction of sp³-hybridized carbons (Fsp3) is 0.600. The van der Waals surface area contributed by atoms with Gasteiger partial charge in [0.25, 0.3) is 0 Å². The Morgan fingerprint density at radius 1 is 1.35 bits per heavy atom. The maximum atomic E-state index is 5.52. The number of hydrogen-bond acceptors (Lipinski definition) is 1. The molecule has 0 radical (unpaired) electrons. The number of rotatable bonds is 1. The van der Waals surface area contributed by atoms with E-state index in [0.717, 1.165) is 12.2 Å². The minimum Gasteiger partial charge on any atom is -0.496 e. The lowest BCUT2D eigenvalue weighted by Crippen LogP contribution is -2.11. The van der Waals surface area contributed by atoms with Gasteiger partial charge in [-0.3, -0.25) is 0 Å². The quantitative estimate of drug-likeness (QED) is 0.534. The molecule has 2 rings (SSSR count). The molecule has 1 aromatic rings. The Labute approximate surface area is 113 Å². The van der Waals surface area contributed by atoms with Crippen molar-refractivity contribution in [2.24, 2.45) is 5.41 Å². The molecule has 17 heavy (non-hydrogen) atoms. The summed E-state index contributed by atoms with van der Waals surface area (Å²) in [5, 5.41) is 0. The second-order valence-corrected chi connectivity index (χ2v) is 6.92. The number of aryl methyl sites for hydroxylation is 1. The molecule has 0 saturated carbocycles. The minimum atomic E-state index is 0.393. The standard InChI is InChI=1S/C15H21BrO/c1-10-5-6-13(17-4)11-7-8-15(2,3)9-12(16)14(10)11/h5-6,12H,7-9H2,1-4H3. The van der Waals surface area contributed by atoms with Crippen molar-refractivity contribution in [3.63, 3.8) is 0 Å². The van der Waals surface area contributed by atoms with E-state index >= 15 is 0 Å². The maximum Gasteiger partial charge on any atom is 0.122 e. The third-order valence-electron chi connectivity index (χ3n) is 3.85. The van der Waals surface area contributed by atoms with Gasteiger partial charge >= 0.3 is 0 Å². The van der Waals surface area contributed by atoms with Gasteiger partial charge in [-0.2, -0.15) is 0 Å². The highest BCUT2D eigenvalue weighted by Crippen LogP contribution is 2.46. The Bertz CT molecular complexity index is 423. The molecule has 1 nitrogen and oxygen atoms in total. The highest BCUT2D eigenvalue weighted by Gasteiger charge is 2.30. The highest BCUT2D eigenvalue weighted by molar-refractivity contribution is 9.09. The predicted molar refractivity (Wildman–Crippen MR) is 76.1 cm³/mol. The summed E-state index contributed by atoms with van der Waals surface area (Å²) in [6, 6.07) is 4.27. The lowest BCUT2D eigenvalue weighted by molar-refractivity contribution is 0.315. The first-order chi connectivity index (χ1) is 7.94. The monoisotopic (exact) mass is 296 g/mol. The van der Waals surface area contributed by atoms with E-state index in [1.165, 1.54) is 29.5 Å². The molecular weight excluding hydrogens is 276 g/mol. The zero-order valence-corrected chi connectivity index (χ0v) is 12.7. The van der Waals surface area contributed by atoms with Crippen LogP contribution in [-0.4, -0.2) is 7.11 Å². The number of ether oxygens (including phenoxy) is 1. The Kier molecular flexibility index (Phi) is 3.53. The van der Waals surface area contributed by atoms with E-state index in [2.05, 4.69) is 48.8 Å². The third-order valence-corrected chi connectivity index (χ3v) is 4.63. The molecule has 1 aliphatic rings. The SMILES string of the molecule is COc1ccc(C)c2c1CCC(C)(C)CC2Br. The van der Waals surface area contributed by atoms with Crippen molar-refractivity contribution < 1.29 is 4.74 Å². The molecule has 0 heterocycles. The van der Waals surface area contributed by atoms with Gasteiger partial charge in [0, 0.05) is 4.83 Å². The second-order valence-electron chi connectivity index (χ2n) is 5.81. The zero-order chi connectivity index (χ0) is 12.6. The lowest BCUT2D eigenvalue weighted by Gasteiger charge is -2.24. The van der Waals surface area contributed by atoms with E-state index in [4.69, 9.17) is 4.74 Å². The minimum absolute atomic E-state index is 0.393. The molecule has 94 valence electrons. The lowest BCUT2D eigenvalue weighted by atomic mass is 9.84. The summed E-state index contributed by atoms with van der Waals surface area (Å²) in [4.78, 5) is 0.449. The molecule has 0 spiro atoms. The van der Waals surface area contributed by atoms with Gasteiger partial charge in [-0.25, -0.2) is 0 Å². The van der Waals surface area contributed by atoms with Gasteiger partial charge in [-0.1, -0.05) is 35.8 Å². The molecule has 0 aromatic heterocycles. The Morgan fingerprint density at radius 3 is 2.71 bits per heavy atom. The number of halogens is 1. The number of benzene rings is 1. The molecule has 0 bridgehead atoms. The van der Waals surface area contributed by atoms with Gasteiger partial charge in [-0.15, -0.1) is 0 Å². The summed E-state index contributed by atoms with van der Waals surface area (Å²) in [7, 11) is 1.77. The molecular formula is C15H21BrO. The van der Waals surface area contributed by atoms with Crippen LogP contribution < -0.4 is 4.74 Å². The van der Waals surface area contributed by atoms with Gasteiger partial charge in [0.15, 0.2) is 0 Å². The molecule has 0 aliphatic heterocycles. The average Bonchev–Trinajstić information content (AvgIpc) is 2.36. The molecule has 1 aliphatic carbocycles. The topological polar surface area (TPSA) is 9.23 Å². The van der Waals surface area contributed by atoms with Crippen LogP contribution in [0.25, 0.3) is 0 Å². The van der Waals surface area contributed by atoms with E-state index in [9.17, 15) is 0 Å². The van der Waals surface area contributed by atoms with Crippen LogP contribution in [0.5, 0.6) is 5.75 Å². The molecule has 2 heteroatoms. The maximum absolute atomic E-state index is 5.52. The Hall–Kier alpha value is -0.500. The van der Waals surface area contributed by atoms with E-state index in [-0.39, 0.29) is 0 Å². The van der Waals surface area contributed by atoms with Crippen molar-refractivity contribution in [3.8, 4) is 5.75 Å². The van der Waals surface area contributed by atoms with Gasteiger partial charge in [0.2, 0.25) is 0 Å². The Balaban J connectivity index is 2.53. The average molecular weight is 297 g/mol. The van der Waals surface area contributed by atoms with Gasteiger partial charge < -0.3 is 4.74 Å². The first-order valence-electron chi connectivity index (χ1n) is 6.25. The Morgan fingerprint density at radius 2 is 2.06 bits per heavy atom. The van der Waals surface area contributed by atoms with Crippen molar-refractivity contribution in [1.29, 1.82) is 0 Å². The summed E-state index contributed by atoms with van der Waals surface area (Å²) in [6.45, 7) is 6.91. The number of hydrogen-bond donors (Lipinski definition) is 0. The van der Waals surface area contributed by atoms with Crippen LogP contribution in [0.2, 0.25) is 0 Å². The number of fused-ring (bicyclic) bond motifs is 1. The van der Waals surface area contributed by atoms with E-state index in [0.29, 0.717) is 10.2 Å². The van der Waals surface area contributed by atoms with E-state index in [1.54, 1.807) is 7.11 Å². The van der Waals surface area contributed by atoms with Crippen LogP contribution >= 0.6 is 15.9 Å². The molecule has 0 saturated heterocycles. The summed E-state index contributed by atoms with van der Waals surface area (Å²) in [5.41, 5.74) is 4.63. The number of methoxy groups -OCH3 is 1. The van der Waals surface area contributed by atoms with Gasteiger partial charge in [-0.05, 0) is 54.4 Å². The molecule has 1 aromatic carbocycles. The fourth-order valence-electron chi connectivity index (χ4n) is 2.80. The van der Waals surface area contributed by atoms with Crippen LogP contribution in [-0.2, 0) is 6.42 Å². The molecule has 0 fully saturated rings. The van der Waals surface area contributed by atoms with Crippen LogP contribution in [0.3, 0.4) is 0 Å². The first kappa shape index (κ1) is 12.9. The predicted octanol–water partition coefficient (Wildman–Crippen LogP) is 4.80. The van der Waals surface area contributed by atoms with Crippen LogP contribution in [0.4, 0.5) is 0 Å². The molecule has 0 N–H and O–H groups in total. The molecule has 1 unspecified atom stereocenters. The van der Waals surface area contributed by atoms with Gasteiger partial charge in [0.05, 0.1) is 7.11 Å². The molecule has 0 amide bonds. The summed E-state index contributed by atoms with van der Waals surface area (Å²) in [5.74, 6) is 1.05. The third kappa shape index (κ3) is 2.52. The van der Waals surface area contributed by atoms with Crippen molar-refractivity contribution in [2.75, 3.05) is 7.11 Å². The van der Waals surface area contributed by atoms with E-state index in [1.807, 2.05) is 0 Å². The van der Waals surface area contributed by atoms with Crippen LogP contribution in [0.15, 0.2) is 12.1 Å². The number of alkyl halides is 1.